The Labute approximate surface area is 244 Å². The van der Waals surface area contributed by atoms with Crippen LogP contribution in [-0.2, 0) is 0 Å². The first-order chi connectivity index (χ1) is 20.5. The van der Waals surface area contributed by atoms with E-state index in [0.29, 0.717) is 5.69 Å². The molecule has 4 aromatic heterocycles. The molecule has 0 atom stereocenters. The Balaban J connectivity index is 1.39. The number of thiophene rings is 1. The topological polar surface area (TPSA) is 129 Å². The highest BCUT2D eigenvalue weighted by molar-refractivity contribution is 7.19. The van der Waals surface area contributed by atoms with Gasteiger partial charge in [-0.05, 0) is 66.7 Å². The molecule has 6 rings (SSSR count). The van der Waals surface area contributed by atoms with Crippen molar-refractivity contribution in [2.24, 2.45) is 0 Å². The highest BCUT2D eigenvalue weighted by Gasteiger charge is 2.18. The van der Waals surface area contributed by atoms with E-state index in [9.17, 15) is 19.8 Å². The molecule has 10 heteroatoms. The standard InChI is InChI=1S/C32H21N5O4S/c38-31(39)20-13-15-33-25(17-20)26-18-21(32(40)41)19-27(35-26)30-34-16-14-24(36-30)28-11-12-29(42-28)37(22-7-3-1-4-8-22)23-9-5-2-6-10-23/h1-19H,(H,38,39)(H,40,41). The molecule has 6 aromatic rings. The normalized spacial score (nSPS) is 10.8. The summed E-state index contributed by atoms with van der Waals surface area (Å²) in [7, 11) is 0. The van der Waals surface area contributed by atoms with Crippen molar-refractivity contribution < 1.29 is 19.8 Å². The maximum Gasteiger partial charge on any atom is 0.335 e. The zero-order chi connectivity index (χ0) is 29.1. The second-order valence-electron chi connectivity index (χ2n) is 9.08. The number of aromatic nitrogens is 4. The lowest BCUT2D eigenvalue weighted by Gasteiger charge is -2.23. The Bertz CT molecular complexity index is 1870. The quantitative estimate of drug-likeness (QED) is 0.195. The molecule has 0 aliphatic carbocycles. The molecule has 2 aromatic carbocycles. The smallest absolute Gasteiger partial charge is 0.335 e. The van der Waals surface area contributed by atoms with E-state index in [1.165, 1.54) is 30.5 Å². The van der Waals surface area contributed by atoms with Crippen LogP contribution in [0.3, 0.4) is 0 Å². The first kappa shape index (κ1) is 26.5. The number of pyridine rings is 2. The molecule has 0 aliphatic heterocycles. The van der Waals surface area contributed by atoms with Crippen LogP contribution in [0.4, 0.5) is 16.4 Å². The number of hydrogen-bond acceptors (Lipinski definition) is 8. The molecule has 0 aliphatic rings. The summed E-state index contributed by atoms with van der Waals surface area (Å²) in [6, 6.07) is 31.4. The Morgan fingerprint density at radius 2 is 1.21 bits per heavy atom. The fraction of sp³-hybridized carbons (Fsp3) is 0. The average Bonchev–Trinajstić information content (AvgIpc) is 3.52. The number of aromatic carboxylic acids is 2. The summed E-state index contributed by atoms with van der Waals surface area (Å²) in [5.74, 6) is -2.07. The van der Waals surface area contributed by atoms with Crippen LogP contribution in [0, 0.1) is 0 Å². The molecule has 0 saturated carbocycles. The number of nitrogens with zero attached hydrogens (tertiary/aromatic N) is 5. The van der Waals surface area contributed by atoms with Gasteiger partial charge in [0, 0.05) is 23.8 Å². The van der Waals surface area contributed by atoms with Gasteiger partial charge in [-0.25, -0.2) is 24.5 Å². The first-order valence-electron chi connectivity index (χ1n) is 12.8. The molecule has 0 spiro atoms. The average molecular weight is 572 g/mol. The van der Waals surface area contributed by atoms with E-state index >= 15 is 0 Å². The third-order valence-electron chi connectivity index (χ3n) is 6.32. The molecule has 0 radical (unpaired) electrons. The van der Waals surface area contributed by atoms with Crippen molar-refractivity contribution in [3.8, 4) is 33.5 Å². The fourth-order valence-corrected chi connectivity index (χ4v) is 5.38. The molecular weight excluding hydrogens is 550 g/mol. The summed E-state index contributed by atoms with van der Waals surface area (Å²) >= 11 is 1.56. The van der Waals surface area contributed by atoms with Gasteiger partial charge in [-0.1, -0.05) is 36.4 Å². The summed E-state index contributed by atoms with van der Waals surface area (Å²) in [5, 5.41) is 20.1. The van der Waals surface area contributed by atoms with Crippen molar-refractivity contribution in [2.75, 3.05) is 4.90 Å². The van der Waals surface area contributed by atoms with Gasteiger partial charge in [0.1, 0.15) is 10.7 Å². The van der Waals surface area contributed by atoms with Gasteiger partial charge in [0.25, 0.3) is 0 Å². The molecule has 0 fully saturated rings. The van der Waals surface area contributed by atoms with E-state index in [0.717, 1.165) is 21.3 Å². The Morgan fingerprint density at radius 3 is 1.88 bits per heavy atom. The minimum absolute atomic E-state index is 0.0101. The molecule has 0 saturated heterocycles. The van der Waals surface area contributed by atoms with E-state index < -0.39 is 11.9 Å². The molecule has 42 heavy (non-hydrogen) atoms. The molecule has 0 bridgehead atoms. The molecule has 204 valence electrons. The predicted molar refractivity (Wildman–Crippen MR) is 160 cm³/mol. The van der Waals surface area contributed by atoms with Gasteiger partial charge in [-0.2, -0.15) is 0 Å². The Morgan fingerprint density at radius 1 is 0.595 bits per heavy atom. The van der Waals surface area contributed by atoms with Crippen LogP contribution in [0.15, 0.2) is 116 Å². The monoisotopic (exact) mass is 571 g/mol. The SMILES string of the molecule is O=C(O)c1ccnc(-c2cc(C(=O)O)cc(-c3nccc(-c4ccc(N(c5ccccc5)c5ccccc5)s4)n3)n2)c1. The summed E-state index contributed by atoms with van der Waals surface area (Å²) < 4.78 is 0. The zero-order valence-electron chi connectivity index (χ0n) is 21.8. The zero-order valence-corrected chi connectivity index (χ0v) is 22.6. The summed E-state index contributed by atoms with van der Waals surface area (Å²) in [6.07, 6.45) is 2.94. The van der Waals surface area contributed by atoms with Crippen molar-refractivity contribution in [3.05, 3.63) is 127 Å². The highest BCUT2D eigenvalue weighted by Crippen LogP contribution is 2.41. The summed E-state index contributed by atoms with van der Waals surface area (Å²) in [5.41, 5.74) is 3.28. The second-order valence-corrected chi connectivity index (χ2v) is 10.1. The molecule has 9 nitrogen and oxygen atoms in total. The molecular formula is C32H21N5O4S. The first-order valence-corrected chi connectivity index (χ1v) is 13.6. The van der Waals surface area contributed by atoms with Gasteiger partial charge < -0.3 is 15.1 Å². The number of rotatable bonds is 8. The van der Waals surface area contributed by atoms with Crippen LogP contribution in [0.1, 0.15) is 20.7 Å². The van der Waals surface area contributed by atoms with Crippen LogP contribution in [0.5, 0.6) is 0 Å². The van der Waals surface area contributed by atoms with E-state index in [2.05, 4.69) is 44.1 Å². The van der Waals surface area contributed by atoms with Crippen LogP contribution >= 0.6 is 11.3 Å². The van der Waals surface area contributed by atoms with Crippen LogP contribution in [0.2, 0.25) is 0 Å². The van der Waals surface area contributed by atoms with Crippen LogP contribution in [0.25, 0.3) is 33.5 Å². The Kier molecular flexibility index (Phi) is 7.19. The lowest BCUT2D eigenvalue weighted by atomic mass is 10.1. The highest BCUT2D eigenvalue weighted by atomic mass is 32.1. The largest absolute Gasteiger partial charge is 0.478 e. The van der Waals surface area contributed by atoms with E-state index in [4.69, 9.17) is 4.98 Å². The third kappa shape index (κ3) is 5.47. The van der Waals surface area contributed by atoms with E-state index in [-0.39, 0.29) is 34.0 Å². The third-order valence-corrected chi connectivity index (χ3v) is 7.41. The minimum atomic E-state index is -1.17. The predicted octanol–water partition coefficient (Wildman–Crippen LogP) is 7.20. The van der Waals surface area contributed by atoms with Gasteiger partial charge in [0.15, 0.2) is 5.82 Å². The maximum absolute atomic E-state index is 11.9. The van der Waals surface area contributed by atoms with Gasteiger partial charge in [-0.3, -0.25) is 4.98 Å². The maximum atomic E-state index is 11.9. The second kappa shape index (κ2) is 11.4. The molecule has 0 amide bonds. The lowest BCUT2D eigenvalue weighted by molar-refractivity contribution is 0.0686. The van der Waals surface area contributed by atoms with Gasteiger partial charge in [0.05, 0.1) is 33.1 Å². The number of hydrogen-bond donors (Lipinski definition) is 2. The van der Waals surface area contributed by atoms with E-state index in [1.54, 1.807) is 23.6 Å². The summed E-state index contributed by atoms with van der Waals surface area (Å²) in [4.78, 5) is 44.3. The fourth-order valence-electron chi connectivity index (χ4n) is 4.37. The van der Waals surface area contributed by atoms with Crippen molar-refractivity contribution in [2.45, 2.75) is 0 Å². The molecule has 0 unspecified atom stereocenters. The van der Waals surface area contributed by atoms with Crippen LogP contribution in [-0.4, -0.2) is 42.1 Å². The molecule has 4 heterocycles. The van der Waals surface area contributed by atoms with Gasteiger partial charge in [0.2, 0.25) is 0 Å². The summed E-state index contributed by atoms with van der Waals surface area (Å²) in [6.45, 7) is 0. The van der Waals surface area contributed by atoms with Crippen molar-refractivity contribution in [1.82, 2.24) is 19.9 Å². The van der Waals surface area contributed by atoms with Gasteiger partial charge >= 0.3 is 11.9 Å². The number of para-hydroxylation sites is 2. The number of anilines is 3. The number of carboxylic acids is 2. The number of benzene rings is 2. The van der Waals surface area contributed by atoms with Gasteiger partial charge in [-0.15, -0.1) is 11.3 Å². The lowest BCUT2D eigenvalue weighted by Crippen LogP contribution is -2.07. The Hall–Kier alpha value is -5.74. The minimum Gasteiger partial charge on any atom is -0.478 e. The number of carbonyl (C=O) groups is 2. The van der Waals surface area contributed by atoms with Crippen molar-refractivity contribution >= 4 is 39.7 Å². The molecule has 2 N–H and O–H groups in total. The van der Waals surface area contributed by atoms with E-state index in [1.807, 2.05) is 48.5 Å². The van der Waals surface area contributed by atoms with Crippen molar-refractivity contribution in [1.29, 1.82) is 0 Å². The van der Waals surface area contributed by atoms with Crippen LogP contribution < -0.4 is 4.90 Å². The number of carboxylic acid groups (broad SMARTS) is 2. The van der Waals surface area contributed by atoms with Crippen molar-refractivity contribution in [3.63, 3.8) is 0 Å².